The van der Waals surface area contributed by atoms with E-state index in [2.05, 4.69) is 10.6 Å². The van der Waals surface area contributed by atoms with Gasteiger partial charge in [-0.05, 0) is 30.4 Å². The van der Waals surface area contributed by atoms with Gasteiger partial charge in [0.1, 0.15) is 13.2 Å². The van der Waals surface area contributed by atoms with Crippen LogP contribution in [-0.4, -0.2) is 37.5 Å². The lowest BCUT2D eigenvalue weighted by Crippen LogP contribution is -2.42. The van der Waals surface area contributed by atoms with E-state index in [9.17, 15) is 9.59 Å². The summed E-state index contributed by atoms with van der Waals surface area (Å²) >= 11 is 0. The number of alkyl carbamates (subject to hydrolysis) is 2. The summed E-state index contributed by atoms with van der Waals surface area (Å²) in [5.74, 6) is 0. The Morgan fingerprint density at radius 2 is 1.20 bits per heavy atom. The van der Waals surface area contributed by atoms with Gasteiger partial charge in [0.15, 0.2) is 0 Å². The molecule has 160 valence electrons. The predicted octanol–water partition coefficient (Wildman–Crippen LogP) is 3.78. The molecule has 0 aromatic heterocycles. The van der Waals surface area contributed by atoms with Gasteiger partial charge in [-0.1, -0.05) is 60.7 Å². The Morgan fingerprint density at radius 3 is 1.63 bits per heavy atom. The molecular weight excluding hydrogens is 384 g/mol. The summed E-state index contributed by atoms with van der Waals surface area (Å²) in [6.07, 6.45) is 1.54. The molecule has 1 aliphatic rings. The summed E-state index contributed by atoms with van der Waals surface area (Å²) in [6.45, 7) is 1.22. The molecule has 30 heavy (non-hydrogen) atoms. The lowest BCUT2D eigenvalue weighted by Gasteiger charge is -2.30. The summed E-state index contributed by atoms with van der Waals surface area (Å²) in [7, 11) is 0. The van der Waals surface area contributed by atoms with Crippen molar-refractivity contribution >= 4 is 12.2 Å². The van der Waals surface area contributed by atoms with Crippen LogP contribution in [0.15, 0.2) is 60.7 Å². The van der Waals surface area contributed by atoms with E-state index in [4.69, 9.17) is 14.2 Å². The number of hydrogen-bond donors (Lipinski definition) is 2. The fourth-order valence-electron chi connectivity index (χ4n) is 3.22. The number of amides is 2. The van der Waals surface area contributed by atoms with E-state index in [-0.39, 0.29) is 25.4 Å². The highest BCUT2D eigenvalue weighted by Gasteiger charge is 2.23. The van der Waals surface area contributed by atoms with Crippen LogP contribution in [0.3, 0.4) is 0 Å². The van der Waals surface area contributed by atoms with Gasteiger partial charge in [-0.25, -0.2) is 9.59 Å². The fraction of sp³-hybridized carbons (Fsp3) is 0.391. The van der Waals surface area contributed by atoms with Crippen LogP contribution in [0.4, 0.5) is 9.59 Å². The molecule has 2 amide bonds. The van der Waals surface area contributed by atoms with Crippen molar-refractivity contribution in [2.45, 2.75) is 44.7 Å². The van der Waals surface area contributed by atoms with Crippen molar-refractivity contribution in [3.8, 4) is 0 Å². The van der Waals surface area contributed by atoms with Crippen molar-refractivity contribution < 1.29 is 23.8 Å². The van der Waals surface area contributed by atoms with Crippen LogP contribution in [0.2, 0.25) is 0 Å². The maximum absolute atomic E-state index is 11.9. The Morgan fingerprint density at radius 1 is 0.767 bits per heavy atom. The molecule has 1 fully saturated rings. The quantitative estimate of drug-likeness (QED) is 0.689. The van der Waals surface area contributed by atoms with Crippen LogP contribution >= 0.6 is 0 Å². The average Bonchev–Trinajstić information content (AvgIpc) is 2.80. The minimum absolute atomic E-state index is 0.102. The number of carbonyl (C=O) groups is 2. The van der Waals surface area contributed by atoms with Crippen molar-refractivity contribution in [1.29, 1.82) is 0 Å². The molecule has 2 aromatic rings. The number of carbonyl (C=O) groups excluding carboxylic acids is 2. The molecule has 1 aliphatic heterocycles. The van der Waals surface area contributed by atoms with Gasteiger partial charge in [-0.15, -0.1) is 0 Å². The third-order valence-electron chi connectivity index (χ3n) is 4.81. The molecule has 0 aliphatic carbocycles. The van der Waals surface area contributed by atoms with Gasteiger partial charge in [0, 0.05) is 13.1 Å². The zero-order valence-electron chi connectivity index (χ0n) is 16.9. The minimum atomic E-state index is -0.466. The number of benzene rings is 2. The molecule has 2 atom stereocenters. The van der Waals surface area contributed by atoms with Gasteiger partial charge in [0.05, 0.1) is 12.2 Å². The van der Waals surface area contributed by atoms with Crippen LogP contribution in [-0.2, 0) is 27.4 Å². The average molecular weight is 412 g/mol. The lowest BCUT2D eigenvalue weighted by atomic mass is 10.0. The maximum Gasteiger partial charge on any atom is 0.407 e. The standard InChI is InChI=1S/C23H28N2O5/c26-22(28-16-18-8-3-1-4-9-18)24-14-20-12-7-13-21(30-20)15-25-23(27)29-17-19-10-5-2-6-11-19/h1-6,8-11,20-21H,7,12-17H2,(H,24,26)(H,25,27)/t20-,21+. The van der Waals surface area contributed by atoms with Gasteiger partial charge in [-0.3, -0.25) is 0 Å². The first kappa shape index (κ1) is 21.6. The summed E-state index contributed by atoms with van der Waals surface area (Å²) < 4.78 is 16.4. The molecule has 7 nitrogen and oxygen atoms in total. The Balaban J connectivity index is 1.29. The van der Waals surface area contributed by atoms with Crippen LogP contribution in [0, 0.1) is 0 Å². The Hall–Kier alpha value is -3.06. The van der Waals surface area contributed by atoms with Gasteiger partial charge < -0.3 is 24.8 Å². The number of rotatable bonds is 8. The number of nitrogens with one attached hydrogen (secondary N) is 2. The Kier molecular flexibility index (Phi) is 8.53. The lowest BCUT2D eigenvalue weighted by molar-refractivity contribution is -0.0460. The topological polar surface area (TPSA) is 85.9 Å². The van der Waals surface area contributed by atoms with E-state index in [1.807, 2.05) is 60.7 Å². The molecule has 0 spiro atoms. The SMILES string of the molecule is O=C(NC[C@H]1CCC[C@@H](CNC(=O)OCc2ccccc2)O1)OCc1ccccc1. The summed E-state index contributed by atoms with van der Waals surface area (Å²) in [5.41, 5.74) is 1.87. The smallest absolute Gasteiger partial charge is 0.407 e. The third kappa shape index (κ3) is 7.75. The number of ether oxygens (including phenoxy) is 3. The second kappa shape index (κ2) is 11.8. The van der Waals surface area contributed by atoms with E-state index in [0.29, 0.717) is 13.1 Å². The van der Waals surface area contributed by atoms with Crippen LogP contribution in [0.5, 0.6) is 0 Å². The summed E-state index contributed by atoms with van der Waals surface area (Å²) in [5, 5.41) is 5.50. The first-order chi connectivity index (χ1) is 14.7. The normalized spacial score (nSPS) is 18.3. The Bertz CT molecular complexity index is 719. The largest absolute Gasteiger partial charge is 0.445 e. The molecule has 7 heteroatoms. The highest BCUT2D eigenvalue weighted by molar-refractivity contribution is 5.67. The molecular formula is C23H28N2O5. The van der Waals surface area contributed by atoms with E-state index in [1.165, 1.54) is 0 Å². The fourth-order valence-corrected chi connectivity index (χ4v) is 3.22. The van der Waals surface area contributed by atoms with Crippen LogP contribution < -0.4 is 10.6 Å². The van der Waals surface area contributed by atoms with Crippen molar-refractivity contribution in [3.63, 3.8) is 0 Å². The molecule has 1 heterocycles. The van der Waals surface area contributed by atoms with E-state index in [1.54, 1.807) is 0 Å². The van der Waals surface area contributed by atoms with Gasteiger partial charge in [0.2, 0.25) is 0 Å². The van der Waals surface area contributed by atoms with Crippen molar-refractivity contribution in [3.05, 3.63) is 71.8 Å². The second-order valence-corrected chi connectivity index (χ2v) is 7.20. The van der Waals surface area contributed by atoms with Crippen molar-refractivity contribution in [2.75, 3.05) is 13.1 Å². The minimum Gasteiger partial charge on any atom is -0.445 e. The molecule has 0 radical (unpaired) electrons. The van der Waals surface area contributed by atoms with Crippen molar-refractivity contribution in [1.82, 2.24) is 10.6 Å². The second-order valence-electron chi connectivity index (χ2n) is 7.20. The van der Waals surface area contributed by atoms with E-state index in [0.717, 1.165) is 30.4 Å². The van der Waals surface area contributed by atoms with E-state index >= 15 is 0 Å². The van der Waals surface area contributed by atoms with Crippen molar-refractivity contribution in [2.24, 2.45) is 0 Å². The molecule has 0 saturated carbocycles. The molecule has 0 unspecified atom stereocenters. The van der Waals surface area contributed by atoms with Gasteiger partial charge in [-0.2, -0.15) is 0 Å². The molecule has 2 N–H and O–H groups in total. The highest BCUT2D eigenvalue weighted by Crippen LogP contribution is 2.18. The molecule has 0 bridgehead atoms. The zero-order valence-corrected chi connectivity index (χ0v) is 16.9. The molecule has 1 saturated heterocycles. The summed E-state index contributed by atoms with van der Waals surface area (Å²) in [6, 6.07) is 19.0. The van der Waals surface area contributed by atoms with Gasteiger partial charge >= 0.3 is 12.2 Å². The number of hydrogen-bond acceptors (Lipinski definition) is 5. The maximum atomic E-state index is 11.9. The summed E-state index contributed by atoms with van der Waals surface area (Å²) in [4.78, 5) is 23.8. The van der Waals surface area contributed by atoms with Gasteiger partial charge in [0.25, 0.3) is 0 Å². The molecule has 2 aromatic carbocycles. The predicted molar refractivity (Wildman–Crippen MR) is 112 cm³/mol. The molecule has 3 rings (SSSR count). The van der Waals surface area contributed by atoms with E-state index < -0.39 is 12.2 Å². The first-order valence-corrected chi connectivity index (χ1v) is 10.2. The van der Waals surface area contributed by atoms with Crippen LogP contribution in [0.1, 0.15) is 30.4 Å². The zero-order chi connectivity index (χ0) is 21.0. The first-order valence-electron chi connectivity index (χ1n) is 10.2. The highest BCUT2D eigenvalue weighted by atomic mass is 16.6. The monoisotopic (exact) mass is 412 g/mol. The Labute approximate surface area is 176 Å². The van der Waals surface area contributed by atoms with Crippen LogP contribution in [0.25, 0.3) is 0 Å². The third-order valence-corrected chi connectivity index (χ3v) is 4.81.